The molecule has 2 aliphatic rings. The van der Waals surface area contributed by atoms with Crippen LogP contribution in [0.2, 0.25) is 0 Å². The lowest BCUT2D eigenvalue weighted by molar-refractivity contribution is -0.126. The number of aryl methyl sites for hydroxylation is 2. The molecular weight excluding hydrogens is 358 g/mol. The summed E-state index contributed by atoms with van der Waals surface area (Å²) < 4.78 is 0. The Labute approximate surface area is 159 Å². The van der Waals surface area contributed by atoms with E-state index in [4.69, 9.17) is 5.73 Å². The molecule has 1 aromatic rings. The van der Waals surface area contributed by atoms with Crippen molar-refractivity contribution in [1.82, 2.24) is 10.2 Å². The lowest BCUT2D eigenvalue weighted by atomic mass is 9.97. The van der Waals surface area contributed by atoms with Crippen LogP contribution in [0.3, 0.4) is 0 Å². The van der Waals surface area contributed by atoms with Gasteiger partial charge >= 0.3 is 0 Å². The maximum absolute atomic E-state index is 12.9. The second-order valence-corrected chi connectivity index (χ2v) is 7.93. The normalized spacial score (nSPS) is 20.2. The zero-order valence-corrected chi connectivity index (χ0v) is 16.2. The highest BCUT2D eigenvalue weighted by molar-refractivity contribution is 7.14. The number of likely N-dealkylation sites (tertiary alicyclic amines) is 1. The fourth-order valence-corrected chi connectivity index (χ4v) is 4.87. The molecular formula is C18H28ClN3O2S. The van der Waals surface area contributed by atoms with Gasteiger partial charge in [0.25, 0.3) is 5.91 Å². The number of carbonyl (C=O) groups is 2. The molecule has 2 amide bonds. The summed E-state index contributed by atoms with van der Waals surface area (Å²) in [6.45, 7) is 2.22. The average Bonchev–Trinajstić information content (AvgIpc) is 2.89. The molecule has 1 saturated heterocycles. The molecule has 0 spiro atoms. The number of nitrogens with two attached hydrogens (primary N) is 1. The monoisotopic (exact) mass is 385 g/mol. The molecule has 0 radical (unpaired) electrons. The summed E-state index contributed by atoms with van der Waals surface area (Å²) in [7, 11) is 0. The Kier molecular flexibility index (Phi) is 7.72. The van der Waals surface area contributed by atoms with E-state index in [0.717, 1.165) is 37.1 Å². The lowest BCUT2D eigenvalue weighted by Crippen LogP contribution is -2.46. The fraction of sp³-hybridized carbons (Fsp3) is 0.667. The highest BCUT2D eigenvalue weighted by atomic mass is 35.5. The molecule has 1 atom stereocenters. The first-order valence-electron chi connectivity index (χ1n) is 9.07. The van der Waals surface area contributed by atoms with Crippen LogP contribution in [0.25, 0.3) is 0 Å². The van der Waals surface area contributed by atoms with Crippen molar-refractivity contribution in [1.29, 1.82) is 0 Å². The van der Waals surface area contributed by atoms with Crippen molar-refractivity contribution in [2.24, 2.45) is 11.7 Å². The number of amides is 2. The molecule has 0 saturated carbocycles. The maximum Gasteiger partial charge on any atom is 0.263 e. The summed E-state index contributed by atoms with van der Waals surface area (Å²) in [6.07, 6.45) is 7.69. The van der Waals surface area contributed by atoms with E-state index in [-0.39, 0.29) is 30.1 Å². The highest BCUT2D eigenvalue weighted by Crippen LogP contribution is 2.30. The number of rotatable bonds is 4. The van der Waals surface area contributed by atoms with Crippen LogP contribution in [0.1, 0.15) is 52.2 Å². The van der Waals surface area contributed by atoms with E-state index in [9.17, 15) is 9.59 Å². The van der Waals surface area contributed by atoms with Crippen molar-refractivity contribution in [3.63, 3.8) is 0 Å². The number of carbonyl (C=O) groups excluding carboxylic acids is 2. The van der Waals surface area contributed by atoms with Gasteiger partial charge in [-0.15, -0.1) is 23.7 Å². The van der Waals surface area contributed by atoms with Crippen molar-refractivity contribution < 1.29 is 9.59 Å². The van der Waals surface area contributed by atoms with Gasteiger partial charge in [0.1, 0.15) is 0 Å². The van der Waals surface area contributed by atoms with E-state index >= 15 is 0 Å². The minimum absolute atomic E-state index is 0. The van der Waals surface area contributed by atoms with Crippen LogP contribution in [0.15, 0.2) is 6.07 Å². The third-order valence-electron chi connectivity index (χ3n) is 4.98. The first-order valence-corrected chi connectivity index (χ1v) is 9.89. The van der Waals surface area contributed by atoms with Crippen LogP contribution in [0.4, 0.5) is 0 Å². The van der Waals surface area contributed by atoms with Gasteiger partial charge < -0.3 is 16.0 Å². The molecule has 1 unspecified atom stereocenters. The first-order chi connectivity index (χ1) is 11.7. The Morgan fingerprint density at radius 3 is 2.84 bits per heavy atom. The van der Waals surface area contributed by atoms with Crippen molar-refractivity contribution in [3.8, 4) is 0 Å². The average molecular weight is 386 g/mol. The lowest BCUT2D eigenvalue weighted by Gasteiger charge is -2.31. The number of nitrogens with zero attached hydrogens (tertiary/aromatic N) is 1. The first kappa shape index (κ1) is 20.2. The van der Waals surface area contributed by atoms with E-state index in [0.29, 0.717) is 19.6 Å². The summed E-state index contributed by atoms with van der Waals surface area (Å²) in [5.41, 5.74) is 6.81. The van der Waals surface area contributed by atoms with Crippen LogP contribution >= 0.6 is 23.7 Å². The molecule has 1 fully saturated rings. The quantitative estimate of drug-likeness (QED) is 0.781. The topological polar surface area (TPSA) is 75.4 Å². The second-order valence-electron chi connectivity index (χ2n) is 6.79. The van der Waals surface area contributed by atoms with Crippen molar-refractivity contribution in [2.75, 3.05) is 26.2 Å². The van der Waals surface area contributed by atoms with Crippen LogP contribution in [0.5, 0.6) is 0 Å². The Hall–Kier alpha value is -1.11. The molecule has 1 aliphatic heterocycles. The van der Waals surface area contributed by atoms with E-state index in [1.165, 1.54) is 29.7 Å². The minimum Gasteiger partial charge on any atom is -0.355 e. The SMILES string of the molecule is Cl.NCCNC(=O)C1CCCN(C(=O)c2cc3c(s2)CCCCC3)C1. The smallest absolute Gasteiger partial charge is 0.263 e. The predicted octanol–water partition coefficient (Wildman–Crippen LogP) is 2.37. The van der Waals surface area contributed by atoms with Gasteiger partial charge in [0.2, 0.25) is 5.91 Å². The molecule has 1 aromatic heterocycles. The van der Waals surface area contributed by atoms with Crippen molar-refractivity contribution in [3.05, 3.63) is 21.4 Å². The summed E-state index contributed by atoms with van der Waals surface area (Å²) in [4.78, 5) is 29.1. The predicted molar refractivity (Wildman–Crippen MR) is 104 cm³/mol. The van der Waals surface area contributed by atoms with E-state index in [1.54, 1.807) is 11.3 Å². The van der Waals surface area contributed by atoms with E-state index < -0.39 is 0 Å². The van der Waals surface area contributed by atoms with Crippen LogP contribution < -0.4 is 11.1 Å². The Morgan fingerprint density at radius 1 is 1.24 bits per heavy atom. The minimum atomic E-state index is -0.105. The standard InChI is InChI=1S/C18H27N3O2S.ClH/c19-8-9-20-17(22)14-6-4-10-21(12-14)18(23)16-11-13-5-2-1-3-7-15(13)24-16;/h11,14H,1-10,12,19H2,(H,20,22);1H. The number of halogens is 1. The second kappa shape index (κ2) is 9.55. The van der Waals surface area contributed by atoms with Gasteiger partial charge in [-0.2, -0.15) is 0 Å². The zero-order valence-electron chi connectivity index (χ0n) is 14.6. The number of hydrogen-bond acceptors (Lipinski definition) is 4. The third kappa shape index (κ3) is 4.96. The fourth-order valence-electron chi connectivity index (χ4n) is 3.64. The maximum atomic E-state index is 12.9. The zero-order chi connectivity index (χ0) is 16.9. The Bertz CT molecular complexity index is 582. The van der Waals surface area contributed by atoms with Gasteiger partial charge in [0.05, 0.1) is 10.8 Å². The van der Waals surface area contributed by atoms with Crippen LogP contribution in [-0.4, -0.2) is 42.9 Å². The van der Waals surface area contributed by atoms with Crippen molar-refractivity contribution >= 4 is 35.6 Å². The van der Waals surface area contributed by atoms with Crippen LogP contribution in [-0.2, 0) is 17.6 Å². The van der Waals surface area contributed by atoms with E-state index in [2.05, 4.69) is 11.4 Å². The molecule has 2 heterocycles. The highest BCUT2D eigenvalue weighted by Gasteiger charge is 2.29. The number of thiophene rings is 1. The molecule has 3 N–H and O–H groups in total. The van der Waals surface area contributed by atoms with Gasteiger partial charge in [-0.25, -0.2) is 0 Å². The Morgan fingerprint density at radius 2 is 2.04 bits per heavy atom. The molecule has 25 heavy (non-hydrogen) atoms. The largest absolute Gasteiger partial charge is 0.355 e. The summed E-state index contributed by atoms with van der Waals surface area (Å²) >= 11 is 1.67. The molecule has 0 bridgehead atoms. The van der Waals surface area contributed by atoms with Gasteiger partial charge in [0.15, 0.2) is 0 Å². The van der Waals surface area contributed by atoms with Gasteiger partial charge in [0, 0.05) is 31.1 Å². The molecule has 140 valence electrons. The van der Waals surface area contributed by atoms with E-state index in [1.807, 2.05) is 4.90 Å². The molecule has 0 aromatic carbocycles. The molecule has 5 nitrogen and oxygen atoms in total. The summed E-state index contributed by atoms with van der Waals surface area (Å²) in [5.74, 6) is 0.0244. The molecule has 1 aliphatic carbocycles. The van der Waals surface area contributed by atoms with Crippen LogP contribution in [0, 0.1) is 5.92 Å². The van der Waals surface area contributed by atoms with Crippen molar-refractivity contribution in [2.45, 2.75) is 44.9 Å². The third-order valence-corrected chi connectivity index (χ3v) is 6.21. The Balaban J connectivity index is 0.00000225. The summed E-state index contributed by atoms with van der Waals surface area (Å²) in [6, 6.07) is 2.10. The number of hydrogen-bond donors (Lipinski definition) is 2. The number of piperidine rings is 1. The van der Waals surface area contributed by atoms with Gasteiger partial charge in [-0.1, -0.05) is 6.42 Å². The number of nitrogens with one attached hydrogen (secondary N) is 1. The number of fused-ring (bicyclic) bond motifs is 1. The summed E-state index contributed by atoms with van der Waals surface area (Å²) in [5, 5.41) is 2.85. The molecule has 3 rings (SSSR count). The van der Waals surface area contributed by atoms with Gasteiger partial charge in [-0.3, -0.25) is 9.59 Å². The van der Waals surface area contributed by atoms with Gasteiger partial charge in [-0.05, 0) is 50.2 Å². The molecule has 7 heteroatoms.